The number of anilines is 1. The Kier molecular flexibility index (Phi) is 6.86. The molecular formula is C28H33F2N5O4. The summed E-state index contributed by atoms with van der Waals surface area (Å²) in [4.78, 5) is 24.0. The van der Waals surface area contributed by atoms with Crippen molar-refractivity contribution in [1.82, 2.24) is 19.4 Å². The Balaban J connectivity index is 1.39. The maximum atomic E-state index is 15.1. The summed E-state index contributed by atoms with van der Waals surface area (Å²) in [5.74, 6) is -0.426. The fraction of sp³-hybridized carbons (Fsp3) is 0.536. The second-order valence-electron chi connectivity index (χ2n) is 11.0. The van der Waals surface area contributed by atoms with Crippen molar-refractivity contribution in [2.24, 2.45) is 0 Å². The number of benzene rings is 1. The molecule has 5 atom stereocenters. The van der Waals surface area contributed by atoms with Gasteiger partial charge >= 0.3 is 0 Å². The third-order valence-corrected chi connectivity index (χ3v) is 7.98. The fourth-order valence-corrected chi connectivity index (χ4v) is 5.99. The number of nitrogens with zero attached hydrogens (tertiary/aromatic N) is 4. The van der Waals surface area contributed by atoms with Crippen molar-refractivity contribution in [3.63, 3.8) is 0 Å². The van der Waals surface area contributed by atoms with E-state index >= 15 is 4.39 Å². The predicted molar refractivity (Wildman–Crippen MR) is 142 cm³/mol. The summed E-state index contributed by atoms with van der Waals surface area (Å²) in [6.45, 7) is 7.75. The molecule has 0 radical (unpaired) electrons. The number of aromatic nitrogens is 3. The third-order valence-electron chi connectivity index (χ3n) is 7.98. The molecule has 3 aliphatic heterocycles. The van der Waals surface area contributed by atoms with Gasteiger partial charge in [-0.15, -0.1) is 0 Å². The molecule has 0 unspecified atom stereocenters. The first kappa shape index (κ1) is 26.2. The number of aliphatic hydroxyl groups excluding tert-OH is 1. The molecule has 3 fully saturated rings. The Bertz CT molecular complexity index is 1460. The molecule has 3 aliphatic rings. The van der Waals surface area contributed by atoms with E-state index in [-0.39, 0.29) is 29.2 Å². The highest BCUT2D eigenvalue weighted by Crippen LogP contribution is 2.31. The number of halogens is 2. The van der Waals surface area contributed by atoms with Crippen molar-refractivity contribution in [2.45, 2.75) is 76.9 Å². The highest BCUT2D eigenvalue weighted by Gasteiger charge is 2.43. The average Bonchev–Trinajstić information content (AvgIpc) is 3.52. The van der Waals surface area contributed by atoms with Crippen molar-refractivity contribution in [2.75, 3.05) is 25.0 Å². The van der Waals surface area contributed by atoms with E-state index in [0.29, 0.717) is 61.1 Å². The maximum Gasteiger partial charge on any atom is 0.223 e. The lowest BCUT2D eigenvalue weighted by Gasteiger charge is -2.32. The number of hydrogen-bond donors (Lipinski definition) is 2. The lowest BCUT2D eigenvalue weighted by molar-refractivity contribution is -0.156. The van der Waals surface area contributed by atoms with Gasteiger partial charge in [0.2, 0.25) is 5.95 Å². The summed E-state index contributed by atoms with van der Waals surface area (Å²) < 4.78 is 42.1. The third kappa shape index (κ3) is 4.82. The molecule has 3 aromatic rings. The Morgan fingerprint density at radius 1 is 1.31 bits per heavy atom. The van der Waals surface area contributed by atoms with E-state index in [9.17, 15) is 14.3 Å². The van der Waals surface area contributed by atoms with E-state index in [1.54, 1.807) is 18.2 Å². The molecule has 11 heteroatoms. The van der Waals surface area contributed by atoms with Crippen LogP contribution in [0.25, 0.3) is 22.2 Å². The van der Waals surface area contributed by atoms with Crippen LogP contribution in [0.3, 0.4) is 0 Å². The summed E-state index contributed by atoms with van der Waals surface area (Å²) in [5.41, 5.74) is 2.64. The molecule has 0 spiro atoms. The molecule has 39 heavy (non-hydrogen) atoms. The number of likely N-dealkylation sites (tertiary alicyclic amines) is 1. The molecule has 0 aliphatic carbocycles. The van der Waals surface area contributed by atoms with Crippen LogP contribution in [0, 0.1) is 12.7 Å². The molecular weight excluding hydrogens is 508 g/mol. The molecule has 2 bridgehead atoms. The molecule has 1 aromatic carbocycles. The van der Waals surface area contributed by atoms with E-state index in [1.807, 2.05) is 25.7 Å². The number of nitrogens with one attached hydrogen (secondary N) is 1. The second-order valence-corrected chi connectivity index (χ2v) is 11.0. The second kappa shape index (κ2) is 10.2. The van der Waals surface area contributed by atoms with Crippen LogP contribution in [0.15, 0.2) is 29.2 Å². The number of aliphatic hydroxyl groups is 1. The first-order valence-corrected chi connectivity index (χ1v) is 13.5. The summed E-state index contributed by atoms with van der Waals surface area (Å²) in [6.07, 6.45) is -0.501. The van der Waals surface area contributed by atoms with Gasteiger partial charge in [-0.05, 0) is 45.7 Å². The predicted octanol–water partition coefficient (Wildman–Crippen LogP) is 3.32. The van der Waals surface area contributed by atoms with E-state index in [4.69, 9.17) is 9.47 Å². The topological polar surface area (TPSA) is 102 Å². The average molecular weight is 542 g/mol. The molecule has 9 nitrogen and oxygen atoms in total. The van der Waals surface area contributed by atoms with Gasteiger partial charge in [0.1, 0.15) is 18.0 Å². The molecule has 0 amide bonds. The zero-order valence-electron chi connectivity index (χ0n) is 22.2. The van der Waals surface area contributed by atoms with Crippen molar-refractivity contribution in [1.29, 1.82) is 0 Å². The molecule has 5 heterocycles. The normalized spacial score (nSPS) is 27.1. The zero-order valence-corrected chi connectivity index (χ0v) is 22.2. The number of fused-ring (bicyclic) bond motifs is 3. The lowest BCUT2D eigenvalue weighted by atomic mass is 10.0. The Hall–Kier alpha value is -2.99. The number of pyridine rings is 1. The standard InChI is InChI=1S/C28H33F2N5O4/c1-14(2)35-22-8-16(4-5-19(22)25(36)15(3)23(35)12-34-7-6-17(29)11-34)24-20(30)10-31-28(33-24)32-21-9-18-13-38-27(39-18)26(21)37/h4-5,8,10,14,17-18,21,26-27,37H,6-7,9,11-13H2,1-3H3,(H,31,32,33)/t17-,18+,21-,26+,27-/m1/s1. The Morgan fingerprint density at radius 2 is 2.13 bits per heavy atom. The largest absolute Gasteiger partial charge is 0.386 e. The van der Waals surface area contributed by atoms with Crippen molar-refractivity contribution in [3.8, 4) is 11.3 Å². The highest BCUT2D eigenvalue weighted by molar-refractivity contribution is 5.85. The fourth-order valence-electron chi connectivity index (χ4n) is 5.99. The quantitative estimate of drug-likeness (QED) is 0.490. The van der Waals surface area contributed by atoms with Crippen LogP contribution in [0.2, 0.25) is 0 Å². The van der Waals surface area contributed by atoms with Crippen molar-refractivity contribution in [3.05, 3.63) is 51.7 Å². The molecule has 3 saturated heterocycles. The van der Waals surface area contributed by atoms with Crippen molar-refractivity contribution >= 4 is 16.9 Å². The van der Waals surface area contributed by atoms with Crippen LogP contribution in [0.1, 0.15) is 44.0 Å². The van der Waals surface area contributed by atoms with Gasteiger partial charge in [0, 0.05) is 47.9 Å². The molecule has 2 aromatic heterocycles. The molecule has 0 saturated carbocycles. The number of hydrogen-bond acceptors (Lipinski definition) is 8. The van der Waals surface area contributed by atoms with Gasteiger partial charge in [0.15, 0.2) is 17.5 Å². The minimum Gasteiger partial charge on any atom is -0.386 e. The van der Waals surface area contributed by atoms with E-state index < -0.39 is 30.4 Å². The molecule has 2 N–H and O–H groups in total. The van der Waals surface area contributed by atoms with Crippen LogP contribution in [-0.4, -0.2) is 74.9 Å². The van der Waals surface area contributed by atoms with Gasteiger partial charge in [0.25, 0.3) is 0 Å². The van der Waals surface area contributed by atoms with Gasteiger partial charge < -0.3 is 24.5 Å². The minimum atomic E-state index is -0.910. The van der Waals surface area contributed by atoms with Gasteiger partial charge in [-0.2, -0.15) is 0 Å². The molecule has 208 valence electrons. The number of rotatable bonds is 6. The van der Waals surface area contributed by atoms with Gasteiger partial charge in [-0.25, -0.2) is 18.7 Å². The highest BCUT2D eigenvalue weighted by atomic mass is 19.1. The first-order valence-electron chi connectivity index (χ1n) is 13.5. The van der Waals surface area contributed by atoms with Crippen LogP contribution in [0.5, 0.6) is 0 Å². The van der Waals surface area contributed by atoms with Crippen LogP contribution in [0.4, 0.5) is 14.7 Å². The smallest absolute Gasteiger partial charge is 0.223 e. The van der Waals surface area contributed by atoms with E-state index in [1.165, 1.54) is 0 Å². The SMILES string of the molecule is Cc1c(CN2CC[C@@H](F)C2)n(C(C)C)c2cc(-c3nc(N[C@@H]4C[C@H]5CO[C@H](O5)[C@H]4O)ncc3F)ccc2c1=O. The molecule has 6 rings (SSSR count). The zero-order chi connectivity index (χ0) is 27.4. The maximum absolute atomic E-state index is 15.1. The van der Waals surface area contributed by atoms with Crippen LogP contribution in [-0.2, 0) is 16.0 Å². The monoisotopic (exact) mass is 541 g/mol. The van der Waals surface area contributed by atoms with E-state index in [2.05, 4.69) is 19.9 Å². The lowest BCUT2D eigenvalue weighted by Crippen LogP contribution is -2.48. The number of alkyl halides is 1. The van der Waals surface area contributed by atoms with Crippen molar-refractivity contribution < 1.29 is 23.4 Å². The summed E-state index contributed by atoms with van der Waals surface area (Å²) in [6, 6.07) is 4.78. The van der Waals surface area contributed by atoms with Gasteiger partial charge in [0.05, 0.1) is 30.5 Å². The van der Waals surface area contributed by atoms with E-state index in [0.717, 1.165) is 11.9 Å². The van der Waals surface area contributed by atoms with Crippen LogP contribution >= 0.6 is 0 Å². The van der Waals surface area contributed by atoms with Crippen LogP contribution < -0.4 is 10.7 Å². The summed E-state index contributed by atoms with van der Waals surface area (Å²) in [7, 11) is 0. The first-order chi connectivity index (χ1) is 18.7. The summed E-state index contributed by atoms with van der Waals surface area (Å²) in [5, 5.41) is 14.2. The Morgan fingerprint density at radius 3 is 2.87 bits per heavy atom. The van der Waals surface area contributed by atoms with Gasteiger partial charge in [-0.1, -0.05) is 6.07 Å². The summed E-state index contributed by atoms with van der Waals surface area (Å²) >= 11 is 0. The minimum absolute atomic E-state index is 0.000831. The van der Waals surface area contributed by atoms with Gasteiger partial charge in [-0.3, -0.25) is 9.69 Å². The Labute approximate surface area is 224 Å². The number of ether oxygens (including phenoxy) is 2.